The minimum atomic E-state index is 0.192. The SMILES string of the molecule is CCOc1ccc(CCNC(=O)CC2CCCCC2)cc1OCC. The molecule has 0 spiro atoms. The van der Waals surface area contributed by atoms with Crippen molar-refractivity contribution in [3.63, 3.8) is 0 Å². The van der Waals surface area contributed by atoms with Crippen molar-refractivity contribution < 1.29 is 14.3 Å². The zero-order valence-corrected chi connectivity index (χ0v) is 15.1. The Hall–Kier alpha value is -1.71. The third-order valence-corrected chi connectivity index (χ3v) is 4.54. The second-order valence-electron chi connectivity index (χ2n) is 6.46. The quantitative estimate of drug-likeness (QED) is 0.740. The number of ether oxygens (including phenoxy) is 2. The molecule has 1 fully saturated rings. The van der Waals surface area contributed by atoms with E-state index in [2.05, 4.69) is 5.32 Å². The van der Waals surface area contributed by atoms with Crippen molar-refractivity contribution in [2.75, 3.05) is 19.8 Å². The van der Waals surface area contributed by atoms with Gasteiger partial charge in [0.05, 0.1) is 13.2 Å². The number of hydrogen-bond acceptors (Lipinski definition) is 3. The molecule has 0 aliphatic heterocycles. The van der Waals surface area contributed by atoms with Crippen LogP contribution in [0.15, 0.2) is 18.2 Å². The van der Waals surface area contributed by atoms with Crippen LogP contribution in [-0.4, -0.2) is 25.7 Å². The van der Waals surface area contributed by atoms with Gasteiger partial charge in [-0.15, -0.1) is 0 Å². The molecule has 0 saturated heterocycles. The summed E-state index contributed by atoms with van der Waals surface area (Å²) in [6.07, 6.45) is 7.82. The van der Waals surface area contributed by atoms with Gasteiger partial charge in [0.25, 0.3) is 0 Å². The van der Waals surface area contributed by atoms with Gasteiger partial charge in [-0.25, -0.2) is 0 Å². The fourth-order valence-corrected chi connectivity index (χ4v) is 3.32. The van der Waals surface area contributed by atoms with E-state index in [0.717, 1.165) is 23.5 Å². The Balaban J connectivity index is 1.78. The van der Waals surface area contributed by atoms with Crippen LogP contribution in [0.2, 0.25) is 0 Å². The molecule has 4 nitrogen and oxygen atoms in total. The van der Waals surface area contributed by atoms with E-state index in [4.69, 9.17) is 9.47 Å². The summed E-state index contributed by atoms with van der Waals surface area (Å²) in [7, 11) is 0. The molecule has 0 atom stereocenters. The molecule has 0 radical (unpaired) electrons. The lowest BCUT2D eigenvalue weighted by Crippen LogP contribution is -2.28. The molecule has 1 aromatic rings. The van der Waals surface area contributed by atoms with Gasteiger partial charge in [-0.05, 0) is 56.7 Å². The van der Waals surface area contributed by atoms with Crippen molar-refractivity contribution in [3.05, 3.63) is 23.8 Å². The van der Waals surface area contributed by atoms with Crippen molar-refractivity contribution >= 4 is 5.91 Å². The predicted molar refractivity (Wildman–Crippen MR) is 96.7 cm³/mol. The van der Waals surface area contributed by atoms with Crippen molar-refractivity contribution in [1.29, 1.82) is 0 Å². The lowest BCUT2D eigenvalue weighted by molar-refractivity contribution is -0.122. The minimum Gasteiger partial charge on any atom is -0.490 e. The lowest BCUT2D eigenvalue weighted by Gasteiger charge is -2.20. The fourth-order valence-electron chi connectivity index (χ4n) is 3.32. The highest BCUT2D eigenvalue weighted by atomic mass is 16.5. The molecule has 2 rings (SSSR count). The Morgan fingerprint density at radius 3 is 2.50 bits per heavy atom. The smallest absolute Gasteiger partial charge is 0.220 e. The predicted octanol–water partition coefficient (Wildman–Crippen LogP) is 4.11. The molecule has 134 valence electrons. The second-order valence-corrected chi connectivity index (χ2v) is 6.46. The summed E-state index contributed by atoms with van der Waals surface area (Å²) >= 11 is 0. The second kappa shape index (κ2) is 10.2. The van der Waals surface area contributed by atoms with E-state index in [1.165, 1.54) is 32.1 Å². The summed E-state index contributed by atoms with van der Waals surface area (Å²) in [6, 6.07) is 6.01. The van der Waals surface area contributed by atoms with Crippen LogP contribution >= 0.6 is 0 Å². The van der Waals surface area contributed by atoms with E-state index < -0.39 is 0 Å². The highest BCUT2D eigenvalue weighted by Crippen LogP contribution is 2.29. The van der Waals surface area contributed by atoms with Crippen LogP contribution in [0.25, 0.3) is 0 Å². The van der Waals surface area contributed by atoms with Crippen LogP contribution in [-0.2, 0) is 11.2 Å². The maximum Gasteiger partial charge on any atom is 0.220 e. The first-order valence-electron chi connectivity index (χ1n) is 9.38. The molecule has 1 N–H and O–H groups in total. The Morgan fingerprint density at radius 1 is 1.08 bits per heavy atom. The molecular weight excluding hydrogens is 302 g/mol. The molecular formula is C20H31NO3. The standard InChI is InChI=1S/C20H31NO3/c1-3-23-18-11-10-17(14-19(18)24-4-2)12-13-21-20(22)15-16-8-6-5-7-9-16/h10-11,14,16H,3-9,12-13,15H2,1-2H3,(H,21,22). The van der Waals surface area contributed by atoms with Gasteiger partial charge in [-0.1, -0.05) is 25.3 Å². The molecule has 1 amide bonds. The average molecular weight is 333 g/mol. The maximum atomic E-state index is 12.1. The summed E-state index contributed by atoms with van der Waals surface area (Å²) < 4.78 is 11.2. The van der Waals surface area contributed by atoms with Gasteiger partial charge in [0.2, 0.25) is 5.91 Å². The van der Waals surface area contributed by atoms with E-state index >= 15 is 0 Å². The van der Waals surface area contributed by atoms with Crippen molar-refractivity contribution in [2.24, 2.45) is 5.92 Å². The maximum absolute atomic E-state index is 12.1. The molecule has 1 aliphatic carbocycles. The van der Waals surface area contributed by atoms with Gasteiger partial charge < -0.3 is 14.8 Å². The zero-order valence-electron chi connectivity index (χ0n) is 15.1. The van der Waals surface area contributed by atoms with E-state index in [1.807, 2.05) is 32.0 Å². The molecule has 1 aromatic carbocycles. The van der Waals surface area contributed by atoms with E-state index in [1.54, 1.807) is 0 Å². The monoisotopic (exact) mass is 333 g/mol. The first kappa shape index (κ1) is 18.6. The first-order chi connectivity index (χ1) is 11.7. The molecule has 0 aromatic heterocycles. The van der Waals surface area contributed by atoms with Crippen LogP contribution in [0.4, 0.5) is 0 Å². The van der Waals surface area contributed by atoms with Gasteiger partial charge in [-0.3, -0.25) is 4.79 Å². The van der Waals surface area contributed by atoms with Crippen molar-refractivity contribution in [1.82, 2.24) is 5.32 Å². The molecule has 24 heavy (non-hydrogen) atoms. The van der Waals surface area contributed by atoms with E-state index in [-0.39, 0.29) is 5.91 Å². The van der Waals surface area contributed by atoms with Crippen molar-refractivity contribution in [2.45, 2.75) is 58.8 Å². The molecule has 4 heteroatoms. The molecule has 1 aliphatic rings. The van der Waals surface area contributed by atoms with Gasteiger partial charge in [0.15, 0.2) is 11.5 Å². The molecule has 0 bridgehead atoms. The largest absolute Gasteiger partial charge is 0.490 e. The Bertz CT molecular complexity index is 510. The van der Waals surface area contributed by atoms with E-state index in [9.17, 15) is 4.79 Å². The molecule has 0 heterocycles. The van der Waals surface area contributed by atoms with Gasteiger partial charge in [0, 0.05) is 13.0 Å². The summed E-state index contributed by atoms with van der Waals surface area (Å²) in [5.74, 6) is 2.35. The number of carbonyl (C=O) groups excluding carboxylic acids is 1. The molecule has 0 unspecified atom stereocenters. The summed E-state index contributed by atoms with van der Waals surface area (Å²) in [4.78, 5) is 12.1. The van der Waals surface area contributed by atoms with Crippen LogP contribution in [0.1, 0.15) is 57.9 Å². The number of rotatable bonds is 9. The minimum absolute atomic E-state index is 0.192. The Kier molecular flexibility index (Phi) is 7.93. The van der Waals surface area contributed by atoms with Gasteiger partial charge in [-0.2, -0.15) is 0 Å². The first-order valence-corrected chi connectivity index (χ1v) is 9.38. The summed E-state index contributed by atoms with van der Waals surface area (Å²) in [6.45, 7) is 5.84. The summed E-state index contributed by atoms with van der Waals surface area (Å²) in [5, 5.41) is 3.06. The highest BCUT2D eigenvalue weighted by molar-refractivity contribution is 5.76. The Morgan fingerprint density at radius 2 is 1.79 bits per heavy atom. The Labute approximate surface area is 145 Å². The van der Waals surface area contributed by atoms with Crippen LogP contribution in [0, 0.1) is 5.92 Å². The fraction of sp³-hybridized carbons (Fsp3) is 0.650. The van der Waals surface area contributed by atoms with Crippen LogP contribution in [0.5, 0.6) is 11.5 Å². The van der Waals surface area contributed by atoms with Crippen LogP contribution < -0.4 is 14.8 Å². The number of hydrogen-bond donors (Lipinski definition) is 1. The van der Waals surface area contributed by atoms with Gasteiger partial charge in [0.1, 0.15) is 0 Å². The zero-order chi connectivity index (χ0) is 17.2. The normalized spacial score (nSPS) is 15.1. The third-order valence-electron chi connectivity index (χ3n) is 4.54. The molecule has 1 saturated carbocycles. The topological polar surface area (TPSA) is 47.6 Å². The third kappa shape index (κ3) is 6.06. The van der Waals surface area contributed by atoms with Gasteiger partial charge >= 0.3 is 0 Å². The van der Waals surface area contributed by atoms with Crippen LogP contribution in [0.3, 0.4) is 0 Å². The van der Waals surface area contributed by atoms with E-state index in [0.29, 0.717) is 32.1 Å². The summed E-state index contributed by atoms with van der Waals surface area (Å²) in [5.41, 5.74) is 1.15. The number of amides is 1. The number of carbonyl (C=O) groups is 1. The number of benzene rings is 1. The highest BCUT2D eigenvalue weighted by Gasteiger charge is 2.16. The number of nitrogens with one attached hydrogen (secondary N) is 1. The van der Waals surface area contributed by atoms with Crippen molar-refractivity contribution in [3.8, 4) is 11.5 Å². The average Bonchev–Trinajstić information content (AvgIpc) is 2.58. The lowest BCUT2D eigenvalue weighted by atomic mass is 9.87.